The van der Waals surface area contributed by atoms with Gasteiger partial charge in [-0.15, -0.1) is 0 Å². The van der Waals surface area contributed by atoms with Crippen LogP contribution in [0.5, 0.6) is 0 Å². The molecule has 2 aromatic carbocycles. The molecule has 1 amide bonds. The Bertz CT molecular complexity index is 1260. The van der Waals surface area contributed by atoms with Crippen LogP contribution in [0.1, 0.15) is 15.9 Å². The minimum Gasteiger partial charge on any atom is -0.354 e. The summed E-state index contributed by atoms with van der Waals surface area (Å²) in [6.07, 6.45) is 3.59. The molecule has 1 fully saturated rings. The lowest BCUT2D eigenvalue weighted by atomic mass is 10.1. The highest BCUT2D eigenvalue weighted by Gasteiger charge is 2.18. The molecule has 4 aromatic rings. The number of piperazine rings is 1. The van der Waals surface area contributed by atoms with Crippen molar-refractivity contribution in [2.75, 3.05) is 38.1 Å². The first kappa shape index (κ1) is 21.9. The van der Waals surface area contributed by atoms with Crippen LogP contribution < -0.4 is 10.2 Å². The lowest BCUT2D eigenvalue weighted by Crippen LogP contribution is -2.45. The number of nitrogens with zero attached hydrogens (tertiary/aromatic N) is 5. The molecule has 7 heteroatoms. The zero-order chi connectivity index (χ0) is 23.3. The first-order valence-electron chi connectivity index (χ1n) is 11.5. The standard InChI is InChI=1S/C27H28N6O/c1-31-15-17-32(18-16-31)26-23(10-6-13-28-26)20-29-27(34)22-9-5-11-24(19-22)33-25(12-14-30-33)21-7-3-2-4-8-21/h2-14,19H,15-18,20H2,1H3,(H,29,34). The van der Waals surface area contributed by atoms with Crippen LogP contribution in [-0.2, 0) is 6.54 Å². The maximum atomic E-state index is 13.0. The second-order valence-corrected chi connectivity index (χ2v) is 8.50. The fraction of sp³-hybridized carbons (Fsp3) is 0.222. The molecular formula is C27H28N6O. The zero-order valence-electron chi connectivity index (χ0n) is 19.3. The van der Waals surface area contributed by atoms with E-state index in [1.807, 2.05) is 71.5 Å². The van der Waals surface area contributed by atoms with Gasteiger partial charge in [-0.2, -0.15) is 5.10 Å². The third-order valence-corrected chi connectivity index (χ3v) is 6.17. The highest BCUT2D eigenvalue weighted by molar-refractivity contribution is 5.94. The van der Waals surface area contributed by atoms with Gasteiger partial charge in [0, 0.05) is 55.6 Å². The van der Waals surface area contributed by atoms with E-state index in [-0.39, 0.29) is 5.91 Å². The summed E-state index contributed by atoms with van der Waals surface area (Å²) in [5, 5.41) is 7.57. The number of rotatable bonds is 6. The highest BCUT2D eigenvalue weighted by atomic mass is 16.1. The maximum Gasteiger partial charge on any atom is 0.251 e. The van der Waals surface area contributed by atoms with E-state index in [1.54, 1.807) is 6.20 Å². The third-order valence-electron chi connectivity index (χ3n) is 6.17. The lowest BCUT2D eigenvalue weighted by molar-refractivity contribution is 0.0951. The largest absolute Gasteiger partial charge is 0.354 e. The molecule has 3 heterocycles. The summed E-state index contributed by atoms with van der Waals surface area (Å²) in [5.41, 5.74) is 4.51. The van der Waals surface area contributed by atoms with Crippen LogP contribution in [0.3, 0.4) is 0 Å². The average Bonchev–Trinajstić information content (AvgIpc) is 3.39. The second-order valence-electron chi connectivity index (χ2n) is 8.50. The van der Waals surface area contributed by atoms with E-state index in [9.17, 15) is 4.79 Å². The number of aromatic nitrogens is 3. The molecule has 7 nitrogen and oxygen atoms in total. The molecule has 0 bridgehead atoms. The summed E-state index contributed by atoms with van der Waals surface area (Å²) in [6, 6.07) is 23.6. The minimum atomic E-state index is -0.122. The summed E-state index contributed by atoms with van der Waals surface area (Å²) >= 11 is 0. The van der Waals surface area contributed by atoms with Crippen LogP contribution in [0.25, 0.3) is 16.9 Å². The molecule has 172 valence electrons. The van der Waals surface area contributed by atoms with Gasteiger partial charge in [0.05, 0.1) is 17.6 Å². The van der Waals surface area contributed by atoms with E-state index < -0.39 is 0 Å². The summed E-state index contributed by atoms with van der Waals surface area (Å²) in [6.45, 7) is 4.31. The summed E-state index contributed by atoms with van der Waals surface area (Å²) in [7, 11) is 2.14. The van der Waals surface area contributed by atoms with Crippen molar-refractivity contribution in [3.63, 3.8) is 0 Å². The molecular weight excluding hydrogens is 424 g/mol. The number of likely N-dealkylation sites (N-methyl/N-ethyl adjacent to an activating group) is 1. The number of hydrogen-bond donors (Lipinski definition) is 1. The van der Waals surface area contributed by atoms with Gasteiger partial charge in [0.1, 0.15) is 5.82 Å². The van der Waals surface area contributed by atoms with Gasteiger partial charge >= 0.3 is 0 Å². The van der Waals surface area contributed by atoms with Crippen LogP contribution in [-0.4, -0.2) is 58.8 Å². The summed E-state index contributed by atoms with van der Waals surface area (Å²) in [4.78, 5) is 22.3. The van der Waals surface area contributed by atoms with Crippen molar-refractivity contribution < 1.29 is 4.79 Å². The molecule has 0 aliphatic carbocycles. The number of carbonyl (C=O) groups is 1. The maximum absolute atomic E-state index is 13.0. The average molecular weight is 453 g/mol. The van der Waals surface area contributed by atoms with Gasteiger partial charge in [-0.05, 0) is 37.4 Å². The van der Waals surface area contributed by atoms with E-state index in [1.165, 1.54) is 0 Å². The van der Waals surface area contributed by atoms with Crippen molar-refractivity contribution in [2.24, 2.45) is 0 Å². The summed E-state index contributed by atoms with van der Waals surface area (Å²) in [5.74, 6) is 0.831. The molecule has 34 heavy (non-hydrogen) atoms. The van der Waals surface area contributed by atoms with Gasteiger partial charge < -0.3 is 15.1 Å². The van der Waals surface area contributed by atoms with Crippen LogP contribution in [0.4, 0.5) is 5.82 Å². The number of carbonyl (C=O) groups excluding carboxylic acids is 1. The SMILES string of the molecule is CN1CCN(c2ncccc2CNC(=O)c2cccc(-n3nccc3-c3ccccc3)c2)CC1. The number of nitrogens with one attached hydrogen (secondary N) is 1. The quantitative estimate of drug-likeness (QED) is 0.484. The Morgan fingerprint density at radius 3 is 2.56 bits per heavy atom. The van der Waals surface area contributed by atoms with Crippen molar-refractivity contribution in [1.29, 1.82) is 0 Å². The predicted octanol–water partition coefficient (Wildman–Crippen LogP) is 3.62. The van der Waals surface area contributed by atoms with Crippen LogP contribution in [0, 0.1) is 0 Å². The van der Waals surface area contributed by atoms with Gasteiger partial charge in [0.15, 0.2) is 0 Å². The zero-order valence-corrected chi connectivity index (χ0v) is 19.3. The molecule has 1 N–H and O–H groups in total. The van der Waals surface area contributed by atoms with Crippen molar-refractivity contribution in [1.82, 2.24) is 25.0 Å². The van der Waals surface area contributed by atoms with E-state index in [0.717, 1.165) is 54.5 Å². The molecule has 0 radical (unpaired) electrons. The number of benzene rings is 2. The molecule has 1 aliphatic rings. The van der Waals surface area contributed by atoms with E-state index in [4.69, 9.17) is 0 Å². The molecule has 0 spiro atoms. The first-order chi connectivity index (χ1) is 16.7. The van der Waals surface area contributed by atoms with E-state index in [0.29, 0.717) is 12.1 Å². The van der Waals surface area contributed by atoms with Gasteiger partial charge in [0.2, 0.25) is 0 Å². The molecule has 0 unspecified atom stereocenters. The van der Waals surface area contributed by atoms with Crippen LogP contribution in [0.2, 0.25) is 0 Å². The normalized spacial score (nSPS) is 14.2. The fourth-order valence-electron chi connectivity index (χ4n) is 4.26. The van der Waals surface area contributed by atoms with Crippen molar-refractivity contribution >= 4 is 11.7 Å². The predicted molar refractivity (Wildman–Crippen MR) is 134 cm³/mol. The van der Waals surface area contributed by atoms with Crippen molar-refractivity contribution in [3.05, 3.63) is 96.3 Å². The molecule has 0 atom stereocenters. The minimum absolute atomic E-state index is 0.122. The van der Waals surface area contributed by atoms with E-state index in [2.05, 4.69) is 44.4 Å². The molecule has 2 aromatic heterocycles. The van der Waals surface area contributed by atoms with Crippen molar-refractivity contribution in [3.8, 4) is 16.9 Å². The van der Waals surface area contributed by atoms with Crippen molar-refractivity contribution in [2.45, 2.75) is 6.54 Å². The van der Waals surface area contributed by atoms with Gasteiger partial charge in [-0.1, -0.05) is 42.5 Å². The van der Waals surface area contributed by atoms with Gasteiger partial charge in [-0.3, -0.25) is 4.79 Å². The van der Waals surface area contributed by atoms with Crippen LogP contribution in [0.15, 0.2) is 85.2 Å². The number of hydrogen-bond acceptors (Lipinski definition) is 5. The Morgan fingerprint density at radius 1 is 0.912 bits per heavy atom. The Morgan fingerprint density at radius 2 is 1.74 bits per heavy atom. The number of anilines is 1. The number of amides is 1. The Kier molecular flexibility index (Phi) is 6.35. The fourth-order valence-corrected chi connectivity index (χ4v) is 4.26. The Balaban J connectivity index is 1.32. The van der Waals surface area contributed by atoms with Crippen LogP contribution >= 0.6 is 0 Å². The van der Waals surface area contributed by atoms with Gasteiger partial charge in [0.25, 0.3) is 5.91 Å². The molecule has 1 aliphatic heterocycles. The molecule has 5 rings (SSSR count). The lowest BCUT2D eigenvalue weighted by Gasteiger charge is -2.34. The highest BCUT2D eigenvalue weighted by Crippen LogP contribution is 2.23. The Labute approximate surface area is 199 Å². The van der Waals surface area contributed by atoms with E-state index >= 15 is 0 Å². The first-order valence-corrected chi connectivity index (χ1v) is 11.5. The molecule has 1 saturated heterocycles. The smallest absolute Gasteiger partial charge is 0.251 e. The number of pyridine rings is 1. The monoisotopic (exact) mass is 452 g/mol. The topological polar surface area (TPSA) is 66.3 Å². The molecule has 0 saturated carbocycles. The third kappa shape index (κ3) is 4.70. The Hall–Kier alpha value is -3.97. The van der Waals surface area contributed by atoms with Gasteiger partial charge in [-0.25, -0.2) is 9.67 Å². The summed E-state index contributed by atoms with van der Waals surface area (Å²) < 4.78 is 1.86. The second kappa shape index (κ2) is 9.89.